The number of rotatable bonds is 5. The predicted molar refractivity (Wildman–Crippen MR) is 63.6 cm³/mol. The van der Waals surface area contributed by atoms with E-state index < -0.39 is 0 Å². The maximum Gasteiger partial charge on any atom is 0.251 e. The Labute approximate surface area is 95.9 Å². The van der Waals surface area contributed by atoms with Crippen LogP contribution >= 0.6 is 0 Å². The van der Waals surface area contributed by atoms with Gasteiger partial charge in [-0.2, -0.15) is 0 Å². The molecule has 0 bridgehead atoms. The van der Waals surface area contributed by atoms with Gasteiger partial charge in [-0.3, -0.25) is 4.79 Å². The number of nitrogens with zero attached hydrogens (tertiary/aromatic N) is 1. The summed E-state index contributed by atoms with van der Waals surface area (Å²) in [7, 11) is 2.01. The van der Waals surface area contributed by atoms with Gasteiger partial charge < -0.3 is 15.3 Å². The van der Waals surface area contributed by atoms with Crippen LogP contribution in [-0.2, 0) is 0 Å². The van der Waals surface area contributed by atoms with E-state index in [1.165, 1.54) is 12.1 Å². The van der Waals surface area contributed by atoms with Gasteiger partial charge in [0.25, 0.3) is 5.91 Å². The minimum absolute atomic E-state index is 0.107. The molecule has 0 saturated carbocycles. The molecule has 1 amide bonds. The zero-order valence-electron chi connectivity index (χ0n) is 9.73. The Morgan fingerprint density at radius 1 is 1.38 bits per heavy atom. The number of phenols is 1. The third-order valence-electron chi connectivity index (χ3n) is 2.45. The van der Waals surface area contributed by atoms with Crippen molar-refractivity contribution < 1.29 is 9.90 Å². The van der Waals surface area contributed by atoms with E-state index in [1.807, 2.05) is 7.05 Å². The number of hydrogen-bond acceptors (Lipinski definition) is 3. The van der Waals surface area contributed by atoms with Crippen molar-refractivity contribution >= 4 is 5.91 Å². The van der Waals surface area contributed by atoms with Crippen LogP contribution in [0.4, 0.5) is 0 Å². The molecule has 0 aliphatic rings. The Hall–Kier alpha value is -1.55. The molecule has 4 nitrogen and oxygen atoms in total. The first-order chi connectivity index (χ1) is 7.63. The van der Waals surface area contributed by atoms with Crippen LogP contribution in [0.15, 0.2) is 24.3 Å². The van der Waals surface area contributed by atoms with E-state index in [1.54, 1.807) is 12.1 Å². The first-order valence-corrected chi connectivity index (χ1v) is 5.39. The number of phenolic OH excluding ortho intramolecular Hbond substituents is 1. The largest absolute Gasteiger partial charge is 0.508 e. The number of aromatic hydroxyl groups is 1. The summed E-state index contributed by atoms with van der Waals surface area (Å²) in [5, 5.41) is 11.9. The SMILES string of the molecule is CCN(C)CCNC(=O)c1ccc(O)cc1. The van der Waals surface area contributed by atoms with Crippen molar-refractivity contribution in [1.82, 2.24) is 10.2 Å². The zero-order chi connectivity index (χ0) is 12.0. The van der Waals surface area contributed by atoms with Gasteiger partial charge in [0, 0.05) is 18.7 Å². The zero-order valence-corrected chi connectivity index (χ0v) is 9.73. The normalized spacial score (nSPS) is 10.4. The van der Waals surface area contributed by atoms with Crippen LogP contribution in [-0.4, -0.2) is 42.6 Å². The van der Waals surface area contributed by atoms with Crippen molar-refractivity contribution in [3.63, 3.8) is 0 Å². The van der Waals surface area contributed by atoms with Crippen LogP contribution in [0.3, 0.4) is 0 Å². The monoisotopic (exact) mass is 222 g/mol. The summed E-state index contributed by atoms with van der Waals surface area (Å²) in [6, 6.07) is 6.22. The number of carbonyl (C=O) groups is 1. The molecule has 0 aromatic heterocycles. The van der Waals surface area contributed by atoms with Crippen molar-refractivity contribution in [2.75, 3.05) is 26.7 Å². The molecule has 0 aliphatic carbocycles. The van der Waals surface area contributed by atoms with E-state index >= 15 is 0 Å². The minimum atomic E-state index is -0.107. The van der Waals surface area contributed by atoms with Gasteiger partial charge >= 0.3 is 0 Å². The molecule has 0 saturated heterocycles. The standard InChI is InChI=1S/C12H18N2O2/c1-3-14(2)9-8-13-12(16)10-4-6-11(15)7-5-10/h4-7,15H,3,8-9H2,1-2H3,(H,13,16). The molecule has 1 rings (SSSR count). The van der Waals surface area contributed by atoms with Gasteiger partial charge in [-0.25, -0.2) is 0 Å². The summed E-state index contributed by atoms with van der Waals surface area (Å²) >= 11 is 0. The van der Waals surface area contributed by atoms with Crippen LogP contribution in [0, 0.1) is 0 Å². The summed E-state index contributed by atoms with van der Waals surface area (Å²) in [4.78, 5) is 13.7. The highest BCUT2D eigenvalue weighted by atomic mass is 16.3. The second-order valence-corrected chi connectivity index (χ2v) is 3.70. The molecular formula is C12H18N2O2. The molecule has 4 heteroatoms. The molecule has 0 aliphatic heterocycles. The smallest absolute Gasteiger partial charge is 0.251 e. The lowest BCUT2D eigenvalue weighted by atomic mass is 10.2. The lowest BCUT2D eigenvalue weighted by Gasteiger charge is -2.13. The molecule has 0 radical (unpaired) electrons. The lowest BCUT2D eigenvalue weighted by Crippen LogP contribution is -2.32. The van der Waals surface area contributed by atoms with E-state index in [2.05, 4.69) is 17.1 Å². The van der Waals surface area contributed by atoms with E-state index in [-0.39, 0.29) is 11.7 Å². The molecule has 0 heterocycles. The van der Waals surface area contributed by atoms with Gasteiger partial charge in [-0.05, 0) is 37.9 Å². The fraction of sp³-hybridized carbons (Fsp3) is 0.417. The molecular weight excluding hydrogens is 204 g/mol. The second kappa shape index (κ2) is 6.12. The predicted octanol–water partition coefficient (Wildman–Crippen LogP) is 1.07. The second-order valence-electron chi connectivity index (χ2n) is 3.70. The first kappa shape index (κ1) is 12.5. The number of amides is 1. The Balaban J connectivity index is 2.38. The van der Waals surface area contributed by atoms with Crippen LogP contribution in [0.2, 0.25) is 0 Å². The highest BCUT2D eigenvalue weighted by Crippen LogP contribution is 2.09. The van der Waals surface area contributed by atoms with Gasteiger partial charge in [0.05, 0.1) is 0 Å². The van der Waals surface area contributed by atoms with Crippen LogP contribution in [0.5, 0.6) is 5.75 Å². The Kier molecular flexibility index (Phi) is 4.79. The van der Waals surface area contributed by atoms with E-state index in [0.717, 1.165) is 13.1 Å². The van der Waals surface area contributed by atoms with Crippen LogP contribution in [0.25, 0.3) is 0 Å². The van der Waals surface area contributed by atoms with Gasteiger partial charge in [0.1, 0.15) is 5.75 Å². The molecule has 2 N–H and O–H groups in total. The number of benzene rings is 1. The third-order valence-corrected chi connectivity index (χ3v) is 2.45. The summed E-state index contributed by atoms with van der Waals surface area (Å²) in [5.74, 6) is 0.0618. The van der Waals surface area contributed by atoms with E-state index in [0.29, 0.717) is 12.1 Å². The average Bonchev–Trinajstić information content (AvgIpc) is 2.29. The fourth-order valence-corrected chi connectivity index (χ4v) is 1.23. The topological polar surface area (TPSA) is 52.6 Å². The van der Waals surface area contributed by atoms with E-state index in [9.17, 15) is 4.79 Å². The summed E-state index contributed by atoms with van der Waals surface area (Å²) in [6.07, 6.45) is 0. The highest BCUT2D eigenvalue weighted by molar-refractivity contribution is 5.94. The molecule has 0 fully saturated rings. The van der Waals surface area contributed by atoms with Crippen molar-refractivity contribution in [3.8, 4) is 5.75 Å². The highest BCUT2D eigenvalue weighted by Gasteiger charge is 2.04. The Morgan fingerprint density at radius 3 is 2.56 bits per heavy atom. The minimum Gasteiger partial charge on any atom is -0.508 e. The lowest BCUT2D eigenvalue weighted by molar-refractivity contribution is 0.0950. The van der Waals surface area contributed by atoms with Gasteiger partial charge in [0.2, 0.25) is 0 Å². The van der Waals surface area contributed by atoms with Crippen molar-refractivity contribution in [1.29, 1.82) is 0 Å². The number of carbonyl (C=O) groups excluding carboxylic acids is 1. The summed E-state index contributed by atoms with van der Waals surface area (Å²) < 4.78 is 0. The third kappa shape index (κ3) is 3.90. The van der Waals surface area contributed by atoms with Crippen LogP contribution in [0.1, 0.15) is 17.3 Å². The average molecular weight is 222 g/mol. The molecule has 1 aromatic rings. The fourth-order valence-electron chi connectivity index (χ4n) is 1.23. The van der Waals surface area contributed by atoms with Crippen LogP contribution < -0.4 is 5.32 Å². The maximum absolute atomic E-state index is 11.6. The molecule has 0 unspecified atom stereocenters. The maximum atomic E-state index is 11.6. The van der Waals surface area contributed by atoms with Crippen molar-refractivity contribution in [2.45, 2.75) is 6.92 Å². The summed E-state index contributed by atoms with van der Waals surface area (Å²) in [6.45, 7) is 4.50. The number of likely N-dealkylation sites (N-methyl/N-ethyl adjacent to an activating group) is 1. The molecule has 88 valence electrons. The van der Waals surface area contributed by atoms with Crippen molar-refractivity contribution in [3.05, 3.63) is 29.8 Å². The first-order valence-electron chi connectivity index (χ1n) is 5.39. The number of nitrogens with one attached hydrogen (secondary N) is 1. The van der Waals surface area contributed by atoms with Gasteiger partial charge in [-0.15, -0.1) is 0 Å². The van der Waals surface area contributed by atoms with E-state index in [4.69, 9.17) is 5.11 Å². The number of hydrogen-bond donors (Lipinski definition) is 2. The Morgan fingerprint density at radius 2 is 2.00 bits per heavy atom. The van der Waals surface area contributed by atoms with Gasteiger partial charge in [0.15, 0.2) is 0 Å². The van der Waals surface area contributed by atoms with Crippen molar-refractivity contribution in [2.24, 2.45) is 0 Å². The molecule has 16 heavy (non-hydrogen) atoms. The summed E-state index contributed by atoms with van der Waals surface area (Å²) in [5.41, 5.74) is 0.567. The molecule has 0 atom stereocenters. The van der Waals surface area contributed by atoms with Gasteiger partial charge in [-0.1, -0.05) is 6.92 Å². The molecule has 0 spiro atoms. The quantitative estimate of drug-likeness (QED) is 0.783. The molecule has 1 aromatic carbocycles. The Bertz CT molecular complexity index is 335.